The Labute approximate surface area is 114 Å². The number of aliphatic carboxylic acids is 1. The highest BCUT2D eigenvalue weighted by atomic mass is 16.5. The summed E-state index contributed by atoms with van der Waals surface area (Å²) in [6.07, 6.45) is 1.66. The number of rotatable bonds is 6. The van der Waals surface area contributed by atoms with Crippen LogP contribution in [0, 0.1) is 5.92 Å². The molecule has 110 valence electrons. The molecular weight excluding hydrogens is 248 g/mol. The first kappa shape index (κ1) is 15.8. The average molecular weight is 272 g/mol. The standard InChI is InChI=1S/C13H24N2O4/c1-4-10(2)15(8-12(16)17)13(18)14-6-5-11(7-14)9-19-3/h10-11H,4-9H2,1-3H3,(H,16,17). The summed E-state index contributed by atoms with van der Waals surface area (Å²) in [5.74, 6) is -0.612. The van der Waals surface area contributed by atoms with Crippen molar-refractivity contribution in [2.75, 3.05) is 33.4 Å². The summed E-state index contributed by atoms with van der Waals surface area (Å²) in [6.45, 7) is 5.57. The Balaban J connectivity index is 2.64. The number of carboxylic acid groups (broad SMARTS) is 1. The van der Waals surface area contributed by atoms with E-state index in [0.29, 0.717) is 25.6 Å². The molecular formula is C13H24N2O4. The lowest BCUT2D eigenvalue weighted by molar-refractivity contribution is -0.138. The Morgan fingerprint density at radius 3 is 2.74 bits per heavy atom. The fourth-order valence-corrected chi connectivity index (χ4v) is 2.34. The second-order valence-corrected chi connectivity index (χ2v) is 5.12. The number of hydrogen-bond acceptors (Lipinski definition) is 3. The summed E-state index contributed by atoms with van der Waals surface area (Å²) in [5, 5.41) is 8.92. The van der Waals surface area contributed by atoms with Gasteiger partial charge in [0.25, 0.3) is 0 Å². The monoisotopic (exact) mass is 272 g/mol. The van der Waals surface area contributed by atoms with Crippen LogP contribution in [0.15, 0.2) is 0 Å². The van der Waals surface area contributed by atoms with Gasteiger partial charge in [0.15, 0.2) is 0 Å². The third-order valence-corrected chi connectivity index (χ3v) is 3.63. The van der Waals surface area contributed by atoms with Gasteiger partial charge in [0.05, 0.1) is 6.61 Å². The van der Waals surface area contributed by atoms with Gasteiger partial charge in [0.2, 0.25) is 0 Å². The van der Waals surface area contributed by atoms with Crippen LogP contribution >= 0.6 is 0 Å². The lowest BCUT2D eigenvalue weighted by Gasteiger charge is -2.31. The van der Waals surface area contributed by atoms with Crippen molar-refractivity contribution >= 4 is 12.0 Å². The molecule has 2 amide bonds. The van der Waals surface area contributed by atoms with Crippen molar-refractivity contribution in [2.24, 2.45) is 5.92 Å². The number of urea groups is 1. The molecule has 0 aromatic heterocycles. The molecule has 1 heterocycles. The molecule has 1 aliphatic heterocycles. The van der Waals surface area contributed by atoms with Crippen LogP contribution in [-0.4, -0.2) is 66.3 Å². The van der Waals surface area contributed by atoms with Crippen LogP contribution in [0.5, 0.6) is 0 Å². The Bertz CT molecular complexity index is 322. The van der Waals surface area contributed by atoms with Gasteiger partial charge in [-0.25, -0.2) is 4.79 Å². The van der Waals surface area contributed by atoms with Crippen LogP contribution in [0.25, 0.3) is 0 Å². The van der Waals surface area contributed by atoms with E-state index in [0.717, 1.165) is 12.8 Å². The molecule has 6 heteroatoms. The zero-order valence-electron chi connectivity index (χ0n) is 12.0. The molecule has 6 nitrogen and oxygen atoms in total. The maximum absolute atomic E-state index is 12.4. The third kappa shape index (κ3) is 4.38. The van der Waals surface area contributed by atoms with Crippen LogP contribution in [0.3, 0.4) is 0 Å². The number of amides is 2. The number of hydrogen-bond donors (Lipinski definition) is 1. The van der Waals surface area contributed by atoms with Gasteiger partial charge < -0.3 is 19.6 Å². The van der Waals surface area contributed by atoms with Gasteiger partial charge in [-0.2, -0.15) is 0 Å². The second kappa shape index (κ2) is 7.33. The molecule has 0 saturated carbocycles. The van der Waals surface area contributed by atoms with Gasteiger partial charge in [-0.15, -0.1) is 0 Å². The fraction of sp³-hybridized carbons (Fsp3) is 0.846. The van der Waals surface area contributed by atoms with Gasteiger partial charge in [-0.05, 0) is 19.8 Å². The van der Waals surface area contributed by atoms with Crippen LogP contribution in [-0.2, 0) is 9.53 Å². The van der Waals surface area contributed by atoms with Crippen molar-refractivity contribution in [3.05, 3.63) is 0 Å². The maximum Gasteiger partial charge on any atom is 0.323 e. The van der Waals surface area contributed by atoms with E-state index in [1.54, 1.807) is 12.0 Å². The molecule has 1 fully saturated rings. The molecule has 1 saturated heterocycles. The van der Waals surface area contributed by atoms with Crippen molar-refractivity contribution < 1.29 is 19.4 Å². The van der Waals surface area contributed by atoms with Crippen molar-refractivity contribution in [1.29, 1.82) is 0 Å². The maximum atomic E-state index is 12.4. The lowest BCUT2D eigenvalue weighted by Crippen LogP contribution is -2.48. The predicted molar refractivity (Wildman–Crippen MR) is 71.0 cm³/mol. The first-order chi connectivity index (χ1) is 8.99. The van der Waals surface area contributed by atoms with Gasteiger partial charge in [-0.1, -0.05) is 6.92 Å². The lowest BCUT2D eigenvalue weighted by atomic mass is 10.1. The normalized spacial score (nSPS) is 20.4. The molecule has 1 rings (SSSR count). The first-order valence-corrected chi connectivity index (χ1v) is 6.75. The molecule has 0 bridgehead atoms. The van der Waals surface area contributed by atoms with E-state index in [4.69, 9.17) is 9.84 Å². The molecule has 0 spiro atoms. The van der Waals surface area contributed by atoms with E-state index in [1.807, 2.05) is 13.8 Å². The minimum Gasteiger partial charge on any atom is -0.480 e. The molecule has 0 radical (unpaired) electrons. The third-order valence-electron chi connectivity index (χ3n) is 3.63. The smallest absolute Gasteiger partial charge is 0.323 e. The minimum absolute atomic E-state index is 0.0647. The molecule has 2 unspecified atom stereocenters. The summed E-state index contributed by atoms with van der Waals surface area (Å²) in [4.78, 5) is 26.4. The van der Waals surface area contributed by atoms with Crippen molar-refractivity contribution in [1.82, 2.24) is 9.80 Å². The largest absolute Gasteiger partial charge is 0.480 e. The summed E-state index contributed by atoms with van der Waals surface area (Å²) in [7, 11) is 1.65. The van der Waals surface area contributed by atoms with Crippen molar-refractivity contribution in [3.8, 4) is 0 Å². The van der Waals surface area contributed by atoms with Crippen molar-refractivity contribution in [2.45, 2.75) is 32.7 Å². The summed E-state index contributed by atoms with van der Waals surface area (Å²) in [5.41, 5.74) is 0. The van der Waals surface area contributed by atoms with E-state index in [2.05, 4.69) is 0 Å². The highest BCUT2D eigenvalue weighted by Crippen LogP contribution is 2.19. The van der Waals surface area contributed by atoms with E-state index in [-0.39, 0.29) is 18.6 Å². The Hall–Kier alpha value is -1.30. The van der Waals surface area contributed by atoms with Gasteiger partial charge in [0.1, 0.15) is 6.54 Å². The molecule has 2 atom stereocenters. The number of carbonyl (C=O) groups is 2. The zero-order chi connectivity index (χ0) is 14.4. The number of likely N-dealkylation sites (tertiary alicyclic amines) is 1. The van der Waals surface area contributed by atoms with Gasteiger partial charge >= 0.3 is 12.0 Å². The zero-order valence-corrected chi connectivity index (χ0v) is 12.0. The van der Waals surface area contributed by atoms with E-state index in [1.165, 1.54) is 4.90 Å². The molecule has 1 N–H and O–H groups in total. The first-order valence-electron chi connectivity index (χ1n) is 6.75. The number of ether oxygens (including phenoxy) is 1. The second-order valence-electron chi connectivity index (χ2n) is 5.12. The predicted octanol–water partition coefficient (Wildman–Crippen LogP) is 1.26. The fourth-order valence-electron chi connectivity index (χ4n) is 2.34. The Morgan fingerprint density at radius 2 is 2.21 bits per heavy atom. The minimum atomic E-state index is -0.971. The molecule has 1 aliphatic rings. The molecule has 0 aliphatic carbocycles. The highest BCUT2D eigenvalue weighted by molar-refractivity contribution is 5.80. The molecule has 0 aromatic carbocycles. The van der Waals surface area contributed by atoms with Crippen LogP contribution in [0.1, 0.15) is 26.7 Å². The Morgan fingerprint density at radius 1 is 1.53 bits per heavy atom. The van der Waals surface area contributed by atoms with Crippen LogP contribution < -0.4 is 0 Å². The SMILES string of the molecule is CCC(C)N(CC(=O)O)C(=O)N1CCC(COC)C1. The summed E-state index contributed by atoms with van der Waals surface area (Å²) in [6, 6.07) is -0.236. The van der Waals surface area contributed by atoms with E-state index >= 15 is 0 Å². The van der Waals surface area contributed by atoms with Gasteiger partial charge in [-0.3, -0.25) is 4.79 Å². The topological polar surface area (TPSA) is 70.1 Å². The van der Waals surface area contributed by atoms with Crippen LogP contribution in [0.2, 0.25) is 0 Å². The van der Waals surface area contributed by atoms with E-state index in [9.17, 15) is 9.59 Å². The molecule has 0 aromatic rings. The number of methoxy groups -OCH3 is 1. The van der Waals surface area contributed by atoms with Crippen LogP contribution in [0.4, 0.5) is 4.79 Å². The van der Waals surface area contributed by atoms with Crippen molar-refractivity contribution in [3.63, 3.8) is 0 Å². The van der Waals surface area contributed by atoms with E-state index < -0.39 is 5.97 Å². The Kier molecular flexibility index (Phi) is 6.08. The van der Waals surface area contributed by atoms with Gasteiger partial charge in [0, 0.05) is 32.2 Å². The number of carboxylic acids is 1. The number of nitrogens with zero attached hydrogens (tertiary/aromatic N) is 2. The summed E-state index contributed by atoms with van der Waals surface area (Å²) >= 11 is 0. The molecule has 19 heavy (non-hydrogen) atoms. The highest BCUT2D eigenvalue weighted by Gasteiger charge is 2.31. The average Bonchev–Trinajstić information content (AvgIpc) is 2.83. The number of carbonyl (C=O) groups excluding carboxylic acids is 1. The quantitative estimate of drug-likeness (QED) is 0.790. The summed E-state index contributed by atoms with van der Waals surface area (Å²) < 4.78 is 5.10.